The highest BCUT2D eigenvalue weighted by Gasteiger charge is 2.54. The molecule has 2 aliphatic carbocycles. The number of carbonyl (C=O) groups is 3. The van der Waals surface area contributed by atoms with Gasteiger partial charge in [0.15, 0.2) is 12.4 Å². The van der Waals surface area contributed by atoms with Crippen LogP contribution < -0.4 is 5.32 Å². The number of amides is 1. The van der Waals surface area contributed by atoms with Crippen LogP contribution in [-0.2, 0) is 14.3 Å². The number of esters is 1. The summed E-state index contributed by atoms with van der Waals surface area (Å²) < 4.78 is 5.41. The van der Waals surface area contributed by atoms with Crippen molar-refractivity contribution < 1.29 is 19.1 Å². The van der Waals surface area contributed by atoms with Gasteiger partial charge in [0, 0.05) is 17.2 Å². The Balaban J connectivity index is 1.42. The van der Waals surface area contributed by atoms with Gasteiger partial charge in [-0.2, -0.15) is 0 Å². The van der Waals surface area contributed by atoms with E-state index in [1.165, 1.54) is 0 Å². The van der Waals surface area contributed by atoms with Crippen molar-refractivity contribution in [3.63, 3.8) is 0 Å². The molecule has 0 heterocycles. The van der Waals surface area contributed by atoms with Crippen molar-refractivity contribution in [3.8, 4) is 0 Å². The molecule has 4 atom stereocenters. The summed E-state index contributed by atoms with van der Waals surface area (Å²) >= 11 is 0. The fraction of sp³-hybridized carbons (Fsp3) is 0.400. The molecule has 5 heteroatoms. The van der Waals surface area contributed by atoms with Crippen LogP contribution in [0.2, 0.25) is 0 Å². The molecule has 2 aromatic rings. The average molecular weight is 405 g/mol. The molecule has 0 unspecified atom stereocenters. The number of anilines is 1. The second-order valence-corrected chi connectivity index (χ2v) is 8.54. The first-order chi connectivity index (χ1) is 14.5. The summed E-state index contributed by atoms with van der Waals surface area (Å²) in [7, 11) is 0. The van der Waals surface area contributed by atoms with E-state index in [0.717, 1.165) is 36.1 Å². The fourth-order valence-corrected chi connectivity index (χ4v) is 5.22. The van der Waals surface area contributed by atoms with Crippen molar-refractivity contribution in [2.75, 3.05) is 11.9 Å². The Morgan fingerprint density at radius 3 is 2.20 bits per heavy atom. The minimum Gasteiger partial charge on any atom is -0.455 e. The summed E-state index contributed by atoms with van der Waals surface area (Å²) in [5.41, 5.74) is 3.30. The van der Waals surface area contributed by atoms with Gasteiger partial charge in [-0.15, -0.1) is 0 Å². The molecule has 2 bridgehead atoms. The molecule has 5 nitrogen and oxygen atoms in total. The van der Waals surface area contributed by atoms with Crippen LogP contribution in [0.3, 0.4) is 0 Å². The van der Waals surface area contributed by atoms with Gasteiger partial charge >= 0.3 is 5.97 Å². The maximum absolute atomic E-state index is 13.1. The second kappa shape index (κ2) is 8.42. The third-order valence-corrected chi connectivity index (χ3v) is 6.64. The van der Waals surface area contributed by atoms with Gasteiger partial charge in [-0.05, 0) is 56.1 Å². The number of fused-ring (bicyclic) bond motifs is 2. The Kier molecular flexibility index (Phi) is 5.71. The molecule has 1 N–H and O–H groups in total. The molecule has 2 aromatic carbocycles. The smallest absolute Gasteiger partial charge is 0.310 e. The van der Waals surface area contributed by atoms with Crippen LogP contribution in [0.25, 0.3) is 0 Å². The number of nitrogens with one attached hydrogen (secondary N) is 1. The largest absolute Gasteiger partial charge is 0.455 e. The summed E-state index contributed by atoms with van der Waals surface area (Å²) in [5.74, 6) is -1.18. The Labute approximate surface area is 176 Å². The van der Waals surface area contributed by atoms with Gasteiger partial charge in [0.1, 0.15) is 0 Å². The Hall–Kier alpha value is -2.95. The highest BCUT2D eigenvalue weighted by Crippen LogP contribution is 2.53. The maximum atomic E-state index is 13.1. The monoisotopic (exact) mass is 405 g/mol. The normalized spacial score (nSPS) is 24.5. The summed E-state index contributed by atoms with van der Waals surface area (Å²) in [4.78, 5) is 38.4. The van der Waals surface area contributed by atoms with Gasteiger partial charge in [0.2, 0.25) is 0 Å². The average Bonchev–Trinajstić information content (AvgIpc) is 3.36. The van der Waals surface area contributed by atoms with Crippen LogP contribution in [0.4, 0.5) is 5.69 Å². The number of ketones is 1. The zero-order valence-electron chi connectivity index (χ0n) is 17.4. The van der Waals surface area contributed by atoms with Crippen molar-refractivity contribution in [3.05, 3.63) is 65.2 Å². The first-order valence-corrected chi connectivity index (χ1v) is 10.6. The fourth-order valence-electron chi connectivity index (χ4n) is 5.22. The van der Waals surface area contributed by atoms with Crippen LogP contribution in [0.1, 0.15) is 40.7 Å². The highest BCUT2D eigenvalue weighted by atomic mass is 16.5. The first-order valence-electron chi connectivity index (χ1n) is 10.6. The van der Waals surface area contributed by atoms with E-state index in [4.69, 9.17) is 4.74 Å². The van der Waals surface area contributed by atoms with Gasteiger partial charge in [0.25, 0.3) is 5.91 Å². The summed E-state index contributed by atoms with van der Waals surface area (Å²) in [5, 5.41) is 2.84. The number of hydrogen-bond acceptors (Lipinski definition) is 4. The topological polar surface area (TPSA) is 72.5 Å². The van der Waals surface area contributed by atoms with E-state index in [0.29, 0.717) is 5.56 Å². The third kappa shape index (κ3) is 3.89. The van der Waals surface area contributed by atoms with Gasteiger partial charge in [-0.25, -0.2) is 0 Å². The van der Waals surface area contributed by atoms with Crippen LogP contribution in [0, 0.1) is 37.5 Å². The second-order valence-electron chi connectivity index (χ2n) is 8.54. The Bertz CT molecular complexity index is 948. The lowest BCUT2D eigenvalue weighted by Crippen LogP contribution is -2.37. The first kappa shape index (κ1) is 20.3. The molecule has 0 aliphatic heterocycles. The summed E-state index contributed by atoms with van der Waals surface area (Å²) in [6, 6.07) is 14.9. The van der Waals surface area contributed by atoms with Crippen molar-refractivity contribution >= 4 is 23.3 Å². The number of hydrogen-bond donors (Lipinski definition) is 1. The summed E-state index contributed by atoms with van der Waals surface area (Å²) in [6.45, 7) is 3.50. The molecule has 2 fully saturated rings. The minimum atomic E-state index is -0.454. The molecule has 30 heavy (non-hydrogen) atoms. The van der Waals surface area contributed by atoms with E-state index in [-0.39, 0.29) is 36.1 Å². The number of Topliss-reactive ketones (excluding diaryl/α,β-unsaturated/α-hetero) is 1. The van der Waals surface area contributed by atoms with Crippen molar-refractivity contribution in [2.45, 2.75) is 33.1 Å². The van der Waals surface area contributed by atoms with Gasteiger partial charge in [-0.1, -0.05) is 48.5 Å². The van der Waals surface area contributed by atoms with Crippen molar-refractivity contribution in [1.82, 2.24) is 0 Å². The highest BCUT2D eigenvalue weighted by molar-refractivity contribution is 6.01. The van der Waals surface area contributed by atoms with E-state index in [1.54, 1.807) is 12.1 Å². The quantitative estimate of drug-likeness (QED) is 0.573. The third-order valence-electron chi connectivity index (χ3n) is 6.64. The van der Waals surface area contributed by atoms with E-state index in [2.05, 4.69) is 5.32 Å². The number of ether oxygens (including phenoxy) is 1. The predicted molar refractivity (Wildman–Crippen MR) is 114 cm³/mol. The molecule has 4 rings (SSSR count). The van der Waals surface area contributed by atoms with Crippen LogP contribution in [-0.4, -0.2) is 24.3 Å². The van der Waals surface area contributed by atoms with Crippen LogP contribution in [0.5, 0.6) is 0 Å². The maximum Gasteiger partial charge on any atom is 0.310 e. The van der Waals surface area contributed by atoms with E-state index in [9.17, 15) is 14.4 Å². The molecule has 0 radical (unpaired) electrons. The molecular weight excluding hydrogens is 378 g/mol. The number of para-hydroxylation sites is 1. The molecule has 156 valence electrons. The number of carbonyl (C=O) groups excluding carboxylic acids is 3. The lowest BCUT2D eigenvalue weighted by Gasteiger charge is -2.28. The minimum absolute atomic E-state index is 0.0183. The van der Waals surface area contributed by atoms with Crippen molar-refractivity contribution in [1.29, 1.82) is 0 Å². The van der Waals surface area contributed by atoms with Crippen LogP contribution >= 0.6 is 0 Å². The van der Waals surface area contributed by atoms with Gasteiger partial charge < -0.3 is 10.1 Å². The standard InChI is InChI=1S/C25H27NO4/c1-15-7-6-8-16(2)23(15)26-20(27)14-30-25(29)22-19-12-11-18(13-19)21(22)24(28)17-9-4-3-5-10-17/h3-10,18-19,21-22H,11-14H2,1-2H3,(H,26,27)/t18-,19-,21-,22-/m0/s1. The van der Waals surface area contributed by atoms with E-state index in [1.807, 2.05) is 50.2 Å². The predicted octanol–water partition coefficient (Wildman–Crippen LogP) is 4.33. The number of rotatable bonds is 6. The zero-order chi connectivity index (χ0) is 21.3. The SMILES string of the molecule is Cc1cccc(C)c1NC(=O)COC(=O)[C@H]1[C@H]2CC[C@@H](C2)[C@@H]1C(=O)c1ccccc1. The molecule has 0 aromatic heterocycles. The molecule has 1 amide bonds. The molecule has 2 aliphatic rings. The number of benzene rings is 2. The Morgan fingerprint density at radius 1 is 0.900 bits per heavy atom. The van der Waals surface area contributed by atoms with Crippen molar-refractivity contribution in [2.24, 2.45) is 23.7 Å². The molecule has 0 saturated heterocycles. The van der Waals surface area contributed by atoms with E-state index < -0.39 is 11.9 Å². The summed E-state index contributed by atoms with van der Waals surface area (Å²) in [6.07, 6.45) is 2.81. The van der Waals surface area contributed by atoms with Gasteiger partial charge in [-0.3, -0.25) is 14.4 Å². The Morgan fingerprint density at radius 2 is 1.53 bits per heavy atom. The van der Waals surface area contributed by atoms with Crippen LogP contribution in [0.15, 0.2) is 48.5 Å². The molecule has 2 saturated carbocycles. The lowest BCUT2D eigenvalue weighted by molar-refractivity contribution is -0.154. The number of aryl methyl sites for hydroxylation is 2. The molecule has 0 spiro atoms. The molecular formula is C25H27NO4. The lowest BCUT2D eigenvalue weighted by atomic mass is 9.75. The van der Waals surface area contributed by atoms with Gasteiger partial charge in [0.05, 0.1) is 5.92 Å². The van der Waals surface area contributed by atoms with E-state index >= 15 is 0 Å². The zero-order valence-corrected chi connectivity index (χ0v) is 17.4.